The monoisotopic (exact) mass is 440 g/mol. The Morgan fingerprint density at radius 3 is 2.59 bits per heavy atom. The first kappa shape index (κ1) is 22.7. The van der Waals surface area contributed by atoms with Crippen LogP contribution in [0.25, 0.3) is 17.0 Å². The topological polar surface area (TPSA) is 64.8 Å². The summed E-state index contributed by atoms with van der Waals surface area (Å²) in [6, 6.07) is 4.14. The summed E-state index contributed by atoms with van der Waals surface area (Å²) in [6.45, 7) is 10.0. The van der Waals surface area contributed by atoms with Gasteiger partial charge in [-0.15, -0.1) is 0 Å². The fourth-order valence-electron chi connectivity index (χ4n) is 4.25. The van der Waals surface area contributed by atoms with Crippen molar-refractivity contribution in [2.45, 2.75) is 71.8 Å². The van der Waals surface area contributed by atoms with Crippen molar-refractivity contribution in [3.63, 3.8) is 0 Å². The fraction of sp³-hybridized carbons (Fsp3) is 0.615. The lowest BCUT2D eigenvalue weighted by Crippen LogP contribution is -2.41. The second-order valence-corrected chi connectivity index (χ2v) is 10.2. The molecule has 1 aliphatic carbocycles. The number of ether oxygens (including phenoxy) is 2. The van der Waals surface area contributed by atoms with Gasteiger partial charge < -0.3 is 18.9 Å². The van der Waals surface area contributed by atoms with Crippen LogP contribution >= 0.6 is 0 Å². The maximum atomic E-state index is 12.3. The van der Waals surface area contributed by atoms with E-state index in [0.717, 1.165) is 73.4 Å². The Balaban J connectivity index is 1.36. The smallest absolute Gasteiger partial charge is 0.410 e. The lowest BCUT2D eigenvalue weighted by atomic mass is 9.91. The van der Waals surface area contributed by atoms with Gasteiger partial charge in [0, 0.05) is 18.5 Å². The van der Waals surface area contributed by atoms with E-state index in [1.165, 1.54) is 12.8 Å². The summed E-state index contributed by atoms with van der Waals surface area (Å²) in [5.74, 6) is 2.16. The molecule has 1 amide bonds. The van der Waals surface area contributed by atoms with Gasteiger partial charge in [0.15, 0.2) is 5.58 Å². The first-order valence-electron chi connectivity index (χ1n) is 12.0. The quantitative estimate of drug-likeness (QED) is 0.511. The van der Waals surface area contributed by atoms with Gasteiger partial charge in [-0.3, -0.25) is 0 Å². The summed E-state index contributed by atoms with van der Waals surface area (Å²) >= 11 is 0. The van der Waals surface area contributed by atoms with Crippen molar-refractivity contribution in [3.8, 4) is 5.75 Å². The normalized spacial score (nSPS) is 17.9. The van der Waals surface area contributed by atoms with Crippen molar-refractivity contribution in [3.05, 3.63) is 29.5 Å². The maximum Gasteiger partial charge on any atom is 0.410 e. The Morgan fingerprint density at radius 1 is 1.19 bits per heavy atom. The van der Waals surface area contributed by atoms with Crippen LogP contribution in [0.5, 0.6) is 5.75 Å². The molecule has 2 heterocycles. The van der Waals surface area contributed by atoms with Crippen molar-refractivity contribution in [1.29, 1.82) is 0 Å². The summed E-state index contributed by atoms with van der Waals surface area (Å²) < 4.78 is 17.3. The van der Waals surface area contributed by atoms with E-state index >= 15 is 0 Å². The third kappa shape index (κ3) is 5.64. The van der Waals surface area contributed by atoms with Gasteiger partial charge in [-0.05, 0) is 90.2 Å². The van der Waals surface area contributed by atoms with Gasteiger partial charge in [-0.25, -0.2) is 4.79 Å². The molecular weight excluding hydrogens is 404 g/mol. The van der Waals surface area contributed by atoms with Crippen molar-refractivity contribution in [2.75, 3.05) is 19.7 Å². The number of rotatable bonds is 7. The number of aromatic nitrogens is 1. The SMILES string of the molecule is C/C=C/c1c(OCC2CC2)ccc2c(CCC3CCN(C(=O)OC(C)(C)C)CC3)noc12. The van der Waals surface area contributed by atoms with Crippen molar-refractivity contribution in [1.82, 2.24) is 10.1 Å². The van der Waals surface area contributed by atoms with Crippen LogP contribution in [0.15, 0.2) is 22.7 Å². The van der Waals surface area contributed by atoms with Crippen LogP contribution in [0.4, 0.5) is 4.79 Å². The number of aryl methyl sites for hydroxylation is 1. The van der Waals surface area contributed by atoms with Crippen LogP contribution in [0.2, 0.25) is 0 Å². The Bertz CT molecular complexity index is 960. The second-order valence-electron chi connectivity index (χ2n) is 10.2. The summed E-state index contributed by atoms with van der Waals surface area (Å²) in [5.41, 5.74) is 2.35. The minimum atomic E-state index is -0.448. The second kappa shape index (κ2) is 9.55. The largest absolute Gasteiger partial charge is 0.493 e. The van der Waals surface area contributed by atoms with Gasteiger partial charge in [0.25, 0.3) is 0 Å². The summed E-state index contributed by atoms with van der Waals surface area (Å²) in [6.07, 6.45) is 10.3. The first-order chi connectivity index (χ1) is 15.3. The molecule has 32 heavy (non-hydrogen) atoms. The van der Waals surface area contributed by atoms with Gasteiger partial charge >= 0.3 is 6.09 Å². The molecule has 4 rings (SSSR count). The standard InChI is InChI=1S/C26H36N2O4/c1-5-6-21-23(30-17-19-7-8-19)12-10-20-22(27-32-24(20)21)11-9-18-13-15-28(16-14-18)25(29)31-26(2,3)4/h5-6,10,12,18-19H,7-9,11,13-17H2,1-4H3/b6-5+. The molecule has 2 fully saturated rings. The van der Waals surface area contributed by atoms with E-state index in [2.05, 4.69) is 17.3 Å². The Hall–Kier alpha value is -2.50. The Kier molecular flexibility index (Phi) is 6.77. The van der Waals surface area contributed by atoms with Crippen LogP contribution in [-0.2, 0) is 11.2 Å². The molecule has 0 radical (unpaired) electrons. The van der Waals surface area contributed by atoms with E-state index in [1.807, 2.05) is 44.7 Å². The number of benzene rings is 1. The highest BCUT2D eigenvalue weighted by Crippen LogP contribution is 2.35. The highest BCUT2D eigenvalue weighted by molar-refractivity contribution is 5.90. The van der Waals surface area contributed by atoms with Gasteiger partial charge in [0.1, 0.15) is 11.4 Å². The molecule has 6 heteroatoms. The molecule has 0 unspecified atom stereocenters. The summed E-state index contributed by atoms with van der Waals surface area (Å²) in [4.78, 5) is 14.1. The van der Waals surface area contributed by atoms with Crippen molar-refractivity contribution < 1.29 is 18.8 Å². The number of likely N-dealkylation sites (tertiary alicyclic amines) is 1. The van der Waals surface area contributed by atoms with E-state index in [9.17, 15) is 4.79 Å². The molecule has 0 atom stereocenters. The molecule has 2 aliphatic rings. The van der Waals surface area contributed by atoms with Crippen LogP contribution in [0.3, 0.4) is 0 Å². The van der Waals surface area contributed by atoms with Gasteiger partial charge in [-0.1, -0.05) is 17.3 Å². The van der Waals surface area contributed by atoms with Crippen LogP contribution < -0.4 is 4.74 Å². The number of carbonyl (C=O) groups excluding carboxylic acids is 1. The molecule has 1 aromatic carbocycles. The lowest BCUT2D eigenvalue weighted by Gasteiger charge is -2.33. The summed E-state index contributed by atoms with van der Waals surface area (Å²) in [5, 5.41) is 5.48. The van der Waals surface area contributed by atoms with E-state index in [0.29, 0.717) is 11.8 Å². The molecule has 0 bridgehead atoms. The number of nitrogens with zero attached hydrogens (tertiary/aromatic N) is 2. The van der Waals surface area contributed by atoms with E-state index in [4.69, 9.17) is 14.0 Å². The molecule has 1 aromatic heterocycles. The minimum absolute atomic E-state index is 0.199. The molecular formula is C26H36N2O4. The lowest BCUT2D eigenvalue weighted by molar-refractivity contribution is 0.0181. The number of fused-ring (bicyclic) bond motifs is 1. The molecule has 1 saturated heterocycles. The zero-order valence-corrected chi connectivity index (χ0v) is 19.9. The molecule has 174 valence electrons. The fourth-order valence-corrected chi connectivity index (χ4v) is 4.25. The third-order valence-electron chi connectivity index (χ3n) is 6.27. The number of amides is 1. The van der Waals surface area contributed by atoms with Gasteiger partial charge in [-0.2, -0.15) is 0 Å². The number of allylic oxidation sites excluding steroid dienone is 1. The molecule has 2 aromatic rings. The molecule has 0 spiro atoms. The van der Waals surface area contributed by atoms with Crippen molar-refractivity contribution >= 4 is 23.1 Å². The van der Waals surface area contributed by atoms with Crippen LogP contribution in [0.1, 0.15) is 71.1 Å². The van der Waals surface area contributed by atoms with Crippen LogP contribution in [-0.4, -0.2) is 41.4 Å². The Morgan fingerprint density at radius 2 is 1.94 bits per heavy atom. The van der Waals surface area contributed by atoms with E-state index < -0.39 is 5.60 Å². The number of hydrogen-bond donors (Lipinski definition) is 0. The zero-order chi connectivity index (χ0) is 22.7. The molecule has 1 saturated carbocycles. The highest BCUT2D eigenvalue weighted by Gasteiger charge is 2.27. The van der Waals surface area contributed by atoms with Crippen molar-refractivity contribution in [2.24, 2.45) is 11.8 Å². The maximum absolute atomic E-state index is 12.3. The summed E-state index contributed by atoms with van der Waals surface area (Å²) in [7, 11) is 0. The zero-order valence-electron chi connectivity index (χ0n) is 19.9. The van der Waals surface area contributed by atoms with Gasteiger partial charge in [0.2, 0.25) is 0 Å². The van der Waals surface area contributed by atoms with E-state index in [1.54, 1.807) is 0 Å². The number of carbonyl (C=O) groups is 1. The highest BCUT2D eigenvalue weighted by atomic mass is 16.6. The van der Waals surface area contributed by atoms with Gasteiger partial charge in [0.05, 0.1) is 17.9 Å². The minimum Gasteiger partial charge on any atom is -0.493 e. The Labute approximate surface area is 190 Å². The average Bonchev–Trinajstić information content (AvgIpc) is 3.49. The number of piperidine rings is 1. The predicted octanol–water partition coefficient (Wildman–Crippen LogP) is 6.23. The first-order valence-corrected chi connectivity index (χ1v) is 12.0. The molecule has 1 aliphatic heterocycles. The molecule has 6 nitrogen and oxygen atoms in total. The van der Waals surface area contributed by atoms with E-state index in [-0.39, 0.29) is 6.09 Å². The third-order valence-corrected chi connectivity index (χ3v) is 6.27. The number of hydrogen-bond acceptors (Lipinski definition) is 5. The van der Waals surface area contributed by atoms with Crippen LogP contribution in [0, 0.1) is 11.8 Å². The average molecular weight is 441 g/mol. The molecule has 0 N–H and O–H groups in total. The predicted molar refractivity (Wildman–Crippen MR) is 126 cm³/mol.